The molecule has 3 nitrogen and oxygen atoms in total. The second-order valence-corrected chi connectivity index (χ2v) is 8.67. The summed E-state index contributed by atoms with van der Waals surface area (Å²) in [5, 5.41) is 0. The molecule has 0 N–H and O–H groups in total. The molecule has 0 heterocycles. The molecular weight excluding hydrogens is 466 g/mol. The Bertz CT molecular complexity index is 1480. The molecule has 0 saturated heterocycles. The van der Waals surface area contributed by atoms with E-state index >= 15 is 0 Å². The van der Waals surface area contributed by atoms with E-state index in [9.17, 15) is 4.79 Å². The van der Waals surface area contributed by atoms with E-state index in [1.807, 2.05) is 42.5 Å². The van der Waals surface area contributed by atoms with E-state index in [0.717, 1.165) is 45.4 Å². The average molecular weight is 494 g/mol. The third-order valence-corrected chi connectivity index (χ3v) is 6.13. The topological polar surface area (TPSA) is 29.5 Å². The second kappa shape index (κ2) is 11.7. The number of rotatable bonds is 8. The molecule has 184 valence electrons. The minimum atomic E-state index is -0.475. The first-order chi connectivity index (χ1) is 18.7. The highest BCUT2D eigenvalue weighted by molar-refractivity contribution is 5.92. The zero-order valence-electron chi connectivity index (χ0n) is 20.9. The molecule has 0 unspecified atom stereocenters. The van der Waals surface area contributed by atoms with Crippen molar-refractivity contribution in [3.63, 3.8) is 0 Å². The van der Waals surface area contributed by atoms with Gasteiger partial charge in [0.2, 0.25) is 0 Å². The smallest absolute Gasteiger partial charge is 0.335 e. The van der Waals surface area contributed by atoms with Gasteiger partial charge in [0.1, 0.15) is 5.75 Å². The maximum Gasteiger partial charge on any atom is 0.335 e. The van der Waals surface area contributed by atoms with Gasteiger partial charge in [0, 0.05) is 23.1 Å². The molecule has 5 rings (SSSR count). The summed E-state index contributed by atoms with van der Waals surface area (Å²) >= 11 is 0. The third kappa shape index (κ3) is 5.80. The fourth-order valence-corrected chi connectivity index (χ4v) is 4.30. The molecule has 0 saturated carbocycles. The van der Waals surface area contributed by atoms with E-state index < -0.39 is 5.97 Å². The Hall–Kier alpha value is -5.15. The molecule has 0 spiro atoms. The Morgan fingerprint density at radius 3 is 1.58 bits per heavy atom. The lowest BCUT2D eigenvalue weighted by Gasteiger charge is -2.25. The van der Waals surface area contributed by atoms with Gasteiger partial charge in [0.25, 0.3) is 0 Å². The van der Waals surface area contributed by atoms with Gasteiger partial charge in [-0.1, -0.05) is 97.6 Å². The molecule has 0 amide bonds. The number of hydrogen-bond donors (Lipinski definition) is 0. The van der Waals surface area contributed by atoms with Gasteiger partial charge in [-0.05, 0) is 76.9 Å². The predicted octanol–water partition coefficient (Wildman–Crippen LogP) is 8.84. The normalized spacial score (nSPS) is 11.0. The van der Waals surface area contributed by atoms with Gasteiger partial charge in [0.15, 0.2) is 0 Å². The van der Waals surface area contributed by atoms with Crippen molar-refractivity contribution in [2.45, 2.75) is 0 Å². The first-order valence-electron chi connectivity index (χ1n) is 12.4. The van der Waals surface area contributed by atoms with Crippen LogP contribution in [-0.4, -0.2) is 5.97 Å². The fraction of sp³-hybridized carbons (Fsp3) is 0. The van der Waals surface area contributed by atoms with Crippen LogP contribution in [0, 0.1) is 0 Å². The first kappa shape index (κ1) is 24.5. The summed E-state index contributed by atoms with van der Waals surface area (Å²) < 4.78 is 5.25. The number of esters is 1. The number of hydrogen-bond acceptors (Lipinski definition) is 3. The van der Waals surface area contributed by atoms with Gasteiger partial charge in [-0.2, -0.15) is 0 Å². The van der Waals surface area contributed by atoms with Crippen LogP contribution < -0.4 is 9.64 Å². The van der Waals surface area contributed by atoms with E-state index in [1.54, 1.807) is 12.1 Å². The maximum absolute atomic E-state index is 11.6. The van der Waals surface area contributed by atoms with Crippen molar-refractivity contribution in [2.75, 3.05) is 4.90 Å². The largest absolute Gasteiger partial charge is 0.423 e. The molecule has 0 radical (unpaired) electrons. The number of nitrogens with zero attached hydrogens (tertiary/aromatic N) is 1. The van der Waals surface area contributed by atoms with E-state index in [2.05, 4.69) is 102 Å². The molecule has 38 heavy (non-hydrogen) atoms. The van der Waals surface area contributed by atoms with Gasteiger partial charge in [0.05, 0.1) is 0 Å². The molecule has 0 aliphatic carbocycles. The molecule has 5 aromatic carbocycles. The van der Waals surface area contributed by atoms with Gasteiger partial charge < -0.3 is 9.64 Å². The van der Waals surface area contributed by atoms with Gasteiger partial charge >= 0.3 is 5.97 Å². The highest BCUT2D eigenvalue weighted by atomic mass is 16.5. The first-order valence-corrected chi connectivity index (χ1v) is 12.4. The number of para-hydroxylation sites is 2. The zero-order chi connectivity index (χ0) is 26.2. The Balaban J connectivity index is 1.50. The summed E-state index contributed by atoms with van der Waals surface area (Å²) in [4.78, 5) is 13.8. The number of carbonyl (C=O) groups is 1. The molecule has 0 aliphatic heterocycles. The average Bonchev–Trinajstić information content (AvgIpc) is 2.99. The van der Waals surface area contributed by atoms with E-state index in [1.165, 1.54) is 0 Å². The standard InChI is InChI=1S/C35H27NO2/c1-2-35(37)38-33-24-20-29(21-25-33)34(28-12-6-3-7-13-28)26-27-18-22-32(23-19-27)36(30-14-8-4-9-15-30)31-16-10-5-11-17-31/h2-26H,1H2. The van der Waals surface area contributed by atoms with Gasteiger partial charge in [-0.3, -0.25) is 0 Å². The zero-order valence-corrected chi connectivity index (χ0v) is 20.9. The van der Waals surface area contributed by atoms with Crippen LogP contribution in [0.2, 0.25) is 0 Å². The van der Waals surface area contributed by atoms with Crippen LogP contribution in [0.15, 0.2) is 152 Å². The summed E-state index contributed by atoms with van der Waals surface area (Å²) in [6.45, 7) is 3.45. The van der Waals surface area contributed by atoms with Crippen LogP contribution in [0.5, 0.6) is 5.75 Å². The van der Waals surface area contributed by atoms with Crippen molar-refractivity contribution < 1.29 is 9.53 Å². The Kier molecular flexibility index (Phi) is 7.57. The number of benzene rings is 5. The molecule has 5 aromatic rings. The minimum Gasteiger partial charge on any atom is -0.423 e. The Morgan fingerprint density at radius 1 is 0.579 bits per heavy atom. The Morgan fingerprint density at radius 2 is 1.05 bits per heavy atom. The molecule has 0 bridgehead atoms. The van der Waals surface area contributed by atoms with Crippen molar-refractivity contribution in [3.05, 3.63) is 169 Å². The maximum atomic E-state index is 11.6. The highest BCUT2D eigenvalue weighted by Gasteiger charge is 2.12. The monoisotopic (exact) mass is 493 g/mol. The number of carbonyl (C=O) groups excluding carboxylic acids is 1. The fourth-order valence-electron chi connectivity index (χ4n) is 4.30. The van der Waals surface area contributed by atoms with Crippen LogP contribution in [0.25, 0.3) is 11.6 Å². The van der Waals surface area contributed by atoms with Crippen LogP contribution in [0.4, 0.5) is 17.1 Å². The Labute approximate surface area is 223 Å². The third-order valence-electron chi connectivity index (χ3n) is 6.13. The van der Waals surface area contributed by atoms with Crippen LogP contribution in [0.1, 0.15) is 16.7 Å². The summed E-state index contributed by atoms with van der Waals surface area (Å²) in [7, 11) is 0. The van der Waals surface area contributed by atoms with E-state index in [0.29, 0.717) is 5.75 Å². The van der Waals surface area contributed by atoms with Crippen molar-refractivity contribution >= 4 is 34.7 Å². The summed E-state index contributed by atoms with van der Waals surface area (Å²) in [6.07, 6.45) is 3.34. The molecule has 0 aromatic heterocycles. The second-order valence-electron chi connectivity index (χ2n) is 8.67. The molecule has 0 aliphatic rings. The minimum absolute atomic E-state index is 0.475. The summed E-state index contributed by atoms with van der Waals surface area (Å²) in [6, 6.07) is 47.1. The van der Waals surface area contributed by atoms with E-state index in [-0.39, 0.29) is 0 Å². The van der Waals surface area contributed by atoms with Crippen LogP contribution in [0.3, 0.4) is 0 Å². The number of ether oxygens (including phenoxy) is 1. The summed E-state index contributed by atoms with van der Waals surface area (Å²) in [5.41, 5.74) is 7.55. The SMILES string of the molecule is C=CC(=O)Oc1ccc(C(=Cc2ccc(N(c3ccccc3)c3ccccc3)cc2)c2ccccc2)cc1. The molecule has 0 atom stereocenters. The predicted molar refractivity (Wildman–Crippen MR) is 157 cm³/mol. The van der Waals surface area contributed by atoms with Crippen molar-refractivity contribution in [1.82, 2.24) is 0 Å². The lowest BCUT2D eigenvalue weighted by Crippen LogP contribution is -2.09. The van der Waals surface area contributed by atoms with Crippen molar-refractivity contribution in [2.24, 2.45) is 0 Å². The lowest BCUT2D eigenvalue weighted by molar-refractivity contribution is -0.128. The molecular formula is C35H27NO2. The molecule has 3 heteroatoms. The highest BCUT2D eigenvalue weighted by Crippen LogP contribution is 2.35. The molecule has 0 fully saturated rings. The lowest BCUT2D eigenvalue weighted by atomic mass is 9.95. The van der Waals surface area contributed by atoms with E-state index in [4.69, 9.17) is 4.74 Å². The van der Waals surface area contributed by atoms with Crippen molar-refractivity contribution in [1.29, 1.82) is 0 Å². The van der Waals surface area contributed by atoms with Gasteiger partial charge in [-0.25, -0.2) is 4.79 Å². The number of anilines is 3. The summed E-state index contributed by atoms with van der Waals surface area (Å²) in [5.74, 6) is 0.00837. The van der Waals surface area contributed by atoms with Crippen LogP contribution >= 0.6 is 0 Å². The van der Waals surface area contributed by atoms with Crippen LogP contribution in [-0.2, 0) is 4.79 Å². The van der Waals surface area contributed by atoms with Gasteiger partial charge in [-0.15, -0.1) is 0 Å². The van der Waals surface area contributed by atoms with Crippen molar-refractivity contribution in [3.8, 4) is 5.75 Å². The quantitative estimate of drug-likeness (QED) is 0.0936.